The van der Waals surface area contributed by atoms with Crippen molar-refractivity contribution in [3.8, 4) is 0 Å². The van der Waals surface area contributed by atoms with Crippen molar-refractivity contribution < 1.29 is 14.0 Å². The van der Waals surface area contributed by atoms with Crippen LogP contribution >= 0.6 is 12.8 Å². The van der Waals surface area contributed by atoms with Gasteiger partial charge in [-0.1, -0.05) is 43.1 Å². The average molecular weight is 290 g/mol. The lowest BCUT2D eigenvalue weighted by Crippen LogP contribution is -2.38. The predicted octanol–water partition coefficient (Wildman–Crippen LogP) is 3.03. The molecule has 0 fully saturated rings. The van der Waals surface area contributed by atoms with E-state index in [9.17, 15) is 14.0 Å². The van der Waals surface area contributed by atoms with Crippen LogP contribution < -0.4 is 9.62 Å². The Morgan fingerprint density at radius 2 is 1.60 bits per heavy atom. The van der Waals surface area contributed by atoms with E-state index in [0.717, 1.165) is 4.31 Å². The Kier molecular flexibility index (Phi) is 4.37. The number of thiol groups is 1. The molecule has 2 aromatic rings. The Morgan fingerprint density at radius 1 is 1.00 bits per heavy atom. The summed E-state index contributed by atoms with van der Waals surface area (Å²) in [5, 5.41) is 2.13. The van der Waals surface area contributed by atoms with Crippen molar-refractivity contribution in [1.29, 1.82) is 0 Å². The van der Waals surface area contributed by atoms with E-state index in [1.54, 1.807) is 36.4 Å². The van der Waals surface area contributed by atoms with E-state index in [1.165, 1.54) is 18.2 Å². The minimum Gasteiger partial charge on any atom is -0.273 e. The Morgan fingerprint density at radius 3 is 2.25 bits per heavy atom. The highest BCUT2D eigenvalue weighted by Gasteiger charge is 2.18. The van der Waals surface area contributed by atoms with Crippen LogP contribution in [0.15, 0.2) is 54.6 Å². The summed E-state index contributed by atoms with van der Waals surface area (Å²) in [4.78, 5) is 23.6. The minimum atomic E-state index is -0.827. The van der Waals surface area contributed by atoms with Crippen LogP contribution in [0, 0.1) is 5.82 Å². The number of halogens is 1. The van der Waals surface area contributed by atoms with Crippen LogP contribution in [0.25, 0.3) is 0 Å². The fraction of sp³-hybridized carbons (Fsp3) is 0. The lowest BCUT2D eigenvalue weighted by Gasteiger charge is -2.16. The Labute approximate surface area is 120 Å². The molecule has 0 unspecified atom stereocenters. The normalized spacial score (nSPS) is 9.90. The van der Waals surface area contributed by atoms with Crippen molar-refractivity contribution in [2.45, 2.75) is 0 Å². The molecule has 102 valence electrons. The molecular weight excluding hydrogens is 279 g/mol. The second-order valence-corrected chi connectivity index (χ2v) is 4.29. The van der Waals surface area contributed by atoms with E-state index in [1.807, 2.05) is 0 Å². The molecule has 0 aliphatic rings. The molecule has 0 aromatic heterocycles. The first-order valence-corrected chi connectivity index (χ1v) is 6.13. The molecular formula is C14H11FN2O2S. The Bertz CT molecular complexity index is 634. The number of nitrogens with one attached hydrogen (secondary N) is 1. The predicted molar refractivity (Wildman–Crippen MR) is 77.2 cm³/mol. The van der Waals surface area contributed by atoms with E-state index >= 15 is 0 Å². The average Bonchev–Trinajstić information content (AvgIpc) is 2.48. The third-order valence-electron chi connectivity index (χ3n) is 2.53. The number of para-hydroxylation sites is 1. The molecule has 6 heteroatoms. The van der Waals surface area contributed by atoms with Crippen molar-refractivity contribution in [2.24, 2.45) is 0 Å². The van der Waals surface area contributed by atoms with Crippen LogP contribution in [-0.4, -0.2) is 11.9 Å². The second kappa shape index (κ2) is 6.21. The number of carbonyl (C=O) groups is 2. The van der Waals surface area contributed by atoms with Crippen LogP contribution in [0.1, 0.15) is 10.4 Å². The van der Waals surface area contributed by atoms with Gasteiger partial charge in [-0.15, -0.1) is 0 Å². The van der Waals surface area contributed by atoms with Gasteiger partial charge in [0, 0.05) is 5.56 Å². The molecule has 1 N–H and O–H groups in total. The van der Waals surface area contributed by atoms with Crippen LogP contribution in [0.5, 0.6) is 0 Å². The van der Waals surface area contributed by atoms with Crippen molar-refractivity contribution in [3.05, 3.63) is 66.0 Å². The zero-order valence-electron chi connectivity index (χ0n) is 10.3. The number of nitrogens with zero attached hydrogens (tertiary/aromatic N) is 1. The van der Waals surface area contributed by atoms with Gasteiger partial charge < -0.3 is 0 Å². The first-order chi connectivity index (χ1) is 9.59. The zero-order valence-corrected chi connectivity index (χ0v) is 11.2. The standard InChI is InChI=1S/C14H11FN2O2S/c15-11-8-4-5-9-12(11)17(20)14(19)16-13(18)10-6-2-1-3-7-10/h1-9,20H,(H,16,18,19). The highest BCUT2D eigenvalue weighted by Crippen LogP contribution is 2.20. The van der Waals surface area contributed by atoms with Gasteiger partial charge in [0.05, 0.1) is 5.69 Å². The topological polar surface area (TPSA) is 49.4 Å². The number of benzene rings is 2. The number of hydrogen-bond donors (Lipinski definition) is 2. The lowest BCUT2D eigenvalue weighted by atomic mass is 10.2. The molecule has 2 rings (SSSR count). The van der Waals surface area contributed by atoms with Gasteiger partial charge >= 0.3 is 6.03 Å². The van der Waals surface area contributed by atoms with E-state index in [0.29, 0.717) is 5.56 Å². The van der Waals surface area contributed by atoms with Gasteiger partial charge in [-0.3, -0.25) is 10.1 Å². The minimum absolute atomic E-state index is 0.0332. The molecule has 2 aromatic carbocycles. The van der Waals surface area contributed by atoms with Crippen LogP contribution in [0.2, 0.25) is 0 Å². The highest BCUT2D eigenvalue weighted by molar-refractivity contribution is 7.82. The monoisotopic (exact) mass is 290 g/mol. The van der Waals surface area contributed by atoms with Gasteiger partial charge in [-0.05, 0) is 24.3 Å². The van der Waals surface area contributed by atoms with Crippen molar-refractivity contribution in [3.63, 3.8) is 0 Å². The van der Waals surface area contributed by atoms with Crippen LogP contribution in [0.3, 0.4) is 0 Å². The summed E-state index contributed by atoms with van der Waals surface area (Å²) in [7, 11) is 0. The van der Waals surface area contributed by atoms with Gasteiger partial charge in [0.1, 0.15) is 5.82 Å². The van der Waals surface area contributed by atoms with E-state index in [-0.39, 0.29) is 5.69 Å². The summed E-state index contributed by atoms with van der Waals surface area (Å²) in [5.74, 6) is -1.18. The fourth-order valence-electron chi connectivity index (χ4n) is 1.54. The third kappa shape index (κ3) is 3.16. The van der Waals surface area contributed by atoms with Gasteiger partial charge in [0.25, 0.3) is 5.91 Å². The number of carbonyl (C=O) groups excluding carboxylic acids is 2. The molecule has 0 heterocycles. The number of hydrogen-bond acceptors (Lipinski definition) is 3. The molecule has 0 saturated heterocycles. The molecule has 0 radical (unpaired) electrons. The SMILES string of the molecule is O=C(NC(=O)N(S)c1ccccc1F)c1ccccc1. The van der Waals surface area contributed by atoms with Crippen molar-refractivity contribution in [1.82, 2.24) is 5.32 Å². The maximum Gasteiger partial charge on any atom is 0.338 e. The van der Waals surface area contributed by atoms with Crippen molar-refractivity contribution >= 4 is 30.4 Å². The van der Waals surface area contributed by atoms with Crippen LogP contribution in [0.4, 0.5) is 14.9 Å². The molecule has 0 saturated carbocycles. The molecule has 4 nitrogen and oxygen atoms in total. The highest BCUT2D eigenvalue weighted by atomic mass is 32.1. The Hall–Kier alpha value is -2.34. The van der Waals surface area contributed by atoms with Crippen LogP contribution in [-0.2, 0) is 0 Å². The molecule has 0 atom stereocenters. The van der Waals surface area contributed by atoms with Gasteiger partial charge in [-0.25, -0.2) is 13.5 Å². The third-order valence-corrected chi connectivity index (χ3v) is 2.93. The Balaban J connectivity index is 2.09. The zero-order chi connectivity index (χ0) is 14.5. The maximum atomic E-state index is 13.5. The first-order valence-electron chi connectivity index (χ1n) is 5.73. The van der Waals surface area contributed by atoms with Crippen molar-refractivity contribution in [2.75, 3.05) is 4.31 Å². The second-order valence-electron chi connectivity index (χ2n) is 3.89. The summed E-state index contributed by atoms with van der Waals surface area (Å²) < 4.78 is 14.3. The number of amides is 3. The number of imide groups is 1. The largest absolute Gasteiger partial charge is 0.338 e. The first kappa shape index (κ1) is 14.1. The summed E-state index contributed by atoms with van der Waals surface area (Å²) in [5.41, 5.74) is 0.297. The maximum absolute atomic E-state index is 13.5. The van der Waals surface area contributed by atoms with Gasteiger partial charge in [-0.2, -0.15) is 0 Å². The summed E-state index contributed by atoms with van der Waals surface area (Å²) in [6, 6.07) is 13.0. The summed E-state index contributed by atoms with van der Waals surface area (Å²) in [6.45, 7) is 0. The molecule has 0 bridgehead atoms. The molecule has 3 amide bonds. The summed E-state index contributed by atoms with van der Waals surface area (Å²) in [6.07, 6.45) is 0. The molecule has 0 aliphatic heterocycles. The van der Waals surface area contributed by atoms with Gasteiger partial charge in [0.15, 0.2) is 0 Å². The molecule has 0 spiro atoms. The smallest absolute Gasteiger partial charge is 0.273 e. The fourth-order valence-corrected chi connectivity index (χ4v) is 1.76. The van der Waals surface area contributed by atoms with E-state index in [4.69, 9.17) is 0 Å². The molecule has 20 heavy (non-hydrogen) atoms. The number of urea groups is 1. The van der Waals surface area contributed by atoms with E-state index < -0.39 is 17.8 Å². The quantitative estimate of drug-likeness (QED) is 0.835. The number of rotatable bonds is 2. The summed E-state index contributed by atoms with van der Waals surface area (Å²) >= 11 is 3.90. The lowest BCUT2D eigenvalue weighted by molar-refractivity contribution is 0.0966. The van der Waals surface area contributed by atoms with E-state index in [2.05, 4.69) is 18.1 Å². The number of anilines is 1. The van der Waals surface area contributed by atoms with Gasteiger partial charge in [0.2, 0.25) is 0 Å². The molecule has 0 aliphatic carbocycles.